The molecule has 0 spiro atoms. The van der Waals surface area contributed by atoms with Gasteiger partial charge in [0.25, 0.3) is 0 Å². The minimum Gasteiger partial charge on any atom is -0.496 e. The molecule has 1 aromatic rings. The topological polar surface area (TPSA) is 42.2 Å². The Morgan fingerprint density at radius 3 is 2.83 bits per heavy atom. The third kappa shape index (κ3) is 3.24. The smallest absolute Gasteiger partial charge is 0.124 e. The summed E-state index contributed by atoms with van der Waals surface area (Å²) in [6.07, 6.45) is 5.25. The van der Waals surface area contributed by atoms with Gasteiger partial charge in [0.05, 0.1) is 25.3 Å². The van der Waals surface area contributed by atoms with E-state index >= 15 is 0 Å². The molecule has 0 amide bonds. The van der Waals surface area contributed by atoms with Crippen LogP contribution in [0.5, 0.6) is 5.75 Å². The van der Waals surface area contributed by atoms with E-state index in [1.807, 2.05) is 12.1 Å². The molecule has 0 atom stereocenters. The lowest BCUT2D eigenvalue weighted by atomic mass is 9.83. The van der Waals surface area contributed by atoms with Crippen molar-refractivity contribution in [3.63, 3.8) is 0 Å². The van der Waals surface area contributed by atoms with Gasteiger partial charge >= 0.3 is 0 Å². The number of nitrogens with zero attached hydrogens (tertiary/aromatic N) is 1. The molecule has 1 aliphatic carbocycles. The monoisotopic (exact) mass is 245 g/mol. The van der Waals surface area contributed by atoms with Crippen molar-refractivity contribution in [2.24, 2.45) is 5.92 Å². The zero-order valence-electron chi connectivity index (χ0n) is 10.8. The normalized spacial score (nSPS) is 14.9. The third-order valence-corrected chi connectivity index (χ3v) is 3.56. The van der Waals surface area contributed by atoms with E-state index in [0.29, 0.717) is 12.2 Å². The van der Waals surface area contributed by atoms with Gasteiger partial charge in [0.1, 0.15) is 5.75 Å². The van der Waals surface area contributed by atoms with Crippen LogP contribution in [0.2, 0.25) is 0 Å². The van der Waals surface area contributed by atoms with E-state index in [1.165, 1.54) is 19.3 Å². The Morgan fingerprint density at radius 2 is 2.22 bits per heavy atom. The van der Waals surface area contributed by atoms with E-state index in [4.69, 9.17) is 14.7 Å². The van der Waals surface area contributed by atoms with Gasteiger partial charge < -0.3 is 9.47 Å². The Bertz CT molecular complexity index is 433. The lowest BCUT2D eigenvalue weighted by Gasteiger charge is -2.24. The molecule has 1 aromatic carbocycles. The third-order valence-electron chi connectivity index (χ3n) is 3.56. The van der Waals surface area contributed by atoms with E-state index in [0.717, 1.165) is 30.3 Å². The number of benzene rings is 1. The van der Waals surface area contributed by atoms with Crippen LogP contribution in [0.25, 0.3) is 0 Å². The second-order valence-corrected chi connectivity index (χ2v) is 4.78. The van der Waals surface area contributed by atoms with Crippen LogP contribution >= 0.6 is 0 Å². The first-order valence-corrected chi connectivity index (χ1v) is 6.48. The maximum Gasteiger partial charge on any atom is 0.124 e. The Kier molecular flexibility index (Phi) is 4.60. The SMILES string of the molecule is COc1ccc(C#N)cc1COCCC1CCC1. The van der Waals surface area contributed by atoms with Crippen LogP contribution in [0.4, 0.5) is 0 Å². The van der Waals surface area contributed by atoms with E-state index in [9.17, 15) is 0 Å². The summed E-state index contributed by atoms with van der Waals surface area (Å²) in [7, 11) is 1.64. The molecular formula is C15H19NO2. The van der Waals surface area contributed by atoms with Crippen LogP contribution < -0.4 is 4.74 Å². The average molecular weight is 245 g/mol. The molecule has 3 heteroatoms. The zero-order valence-corrected chi connectivity index (χ0v) is 10.8. The molecule has 0 N–H and O–H groups in total. The summed E-state index contributed by atoms with van der Waals surface area (Å²) in [6.45, 7) is 1.32. The van der Waals surface area contributed by atoms with Crippen molar-refractivity contribution in [2.45, 2.75) is 32.3 Å². The fraction of sp³-hybridized carbons (Fsp3) is 0.533. The van der Waals surface area contributed by atoms with Gasteiger partial charge in [0, 0.05) is 12.2 Å². The summed E-state index contributed by atoms with van der Waals surface area (Å²) in [5, 5.41) is 8.88. The largest absolute Gasteiger partial charge is 0.496 e. The van der Waals surface area contributed by atoms with Crippen molar-refractivity contribution in [1.29, 1.82) is 5.26 Å². The predicted molar refractivity (Wildman–Crippen MR) is 69.3 cm³/mol. The van der Waals surface area contributed by atoms with Gasteiger partial charge in [0.15, 0.2) is 0 Å². The first-order chi connectivity index (χ1) is 8.83. The summed E-state index contributed by atoms with van der Waals surface area (Å²) in [4.78, 5) is 0. The number of ether oxygens (including phenoxy) is 2. The van der Waals surface area contributed by atoms with Gasteiger partial charge in [-0.2, -0.15) is 5.26 Å². The Morgan fingerprint density at radius 1 is 1.39 bits per heavy atom. The van der Waals surface area contributed by atoms with Crippen molar-refractivity contribution in [3.8, 4) is 11.8 Å². The van der Waals surface area contributed by atoms with Crippen LogP contribution in [-0.4, -0.2) is 13.7 Å². The molecule has 3 nitrogen and oxygen atoms in total. The number of methoxy groups -OCH3 is 1. The lowest BCUT2D eigenvalue weighted by Crippen LogP contribution is -2.13. The Hall–Kier alpha value is -1.53. The highest BCUT2D eigenvalue weighted by Gasteiger charge is 2.16. The minimum atomic E-state index is 0.519. The lowest BCUT2D eigenvalue weighted by molar-refractivity contribution is 0.0936. The van der Waals surface area contributed by atoms with Crippen LogP contribution in [0, 0.1) is 17.2 Å². The highest BCUT2D eigenvalue weighted by Crippen LogP contribution is 2.29. The second-order valence-electron chi connectivity index (χ2n) is 4.78. The van der Waals surface area contributed by atoms with Crippen molar-refractivity contribution >= 4 is 0 Å². The number of rotatable bonds is 6. The second kappa shape index (κ2) is 6.42. The molecule has 0 saturated heterocycles. The Labute approximate surface area is 108 Å². The molecule has 0 bridgehead atoms. The van der Waals surface area contributed by atoms with Gasteiger partial charge in [-0.05, 0) is 30.5 Å². The van der Waals surface area contributed by atoms with Crippen LogP contribution in [0.3, 0.4) is 0 Å². The van der Waals surface area contributed by atoms with Gasteiger partial charge in [0.2, 0.25) is 0 Å². The standard InChI is InChI=1S/C15H19NO2/c1-17-15-6-5-13(10-16)9-14(15)11-18-8-7-12-3-2-4-12/h5-6,9,12H,2-4,7-8,11H2,1H3. The molecule has 0 heterocycles. The first kappa shape index (κ1) is 12.9. The van der Waals surface area contributed by atoms with Gasteiger partial charge in [-0.15, -0.1) is 0 Å². The van der Waals surface area contributed by atoms with Crippen molar-refractivity contribution in [3.05, 3.63) is 29.3 Å². The summed E-state index contributed by atoms with van der Waals surface area (Å²) in [5.74, 6) is 1.66. The number of nitriles is 1. The van der Waals surface area contributed by atoms with Crippen LogP contribution in [0.15, 0.2) is 18.2 Å². The van der Waals surface area contributed by atoms with E-state index < -0.39 is 0 Å². The Balaban J connectivity index is 1.84. The highest BCUT2D eigenvalue weighted by molar-refractivity contribution is 5.41. The molecule has 1 saturated carbocycles. The number of hydrogen-bond acceptors (Lipinski definition) is 3. The maximum atomic E-state index is 8.88. The molecule has 18 heavy (non-hydrogen) atoms. The fourth-order valence-electron chi connectivity index (χ4n) is 2.17. The first-order valence-electron chi connectivity index (χ1n) is 6.48. The summed E-state index contributed by atoms with van der Waals surface area (Å²) >= 11 is 0. The van der Waals surface area contributed by atoms with Crippen molar-refractivity contribution < 1.29 is 9.47 Å². The van der Waals surface area contributed by atoms with Gasteiger partial charge in [-0.25, -0.2) is 0 Å². The van der Waals surface area contributed by atoms with Crippen molar-refractivity contribution in [2.75, 3.05) is 13.7 Å². The van der Waals surface area contributed by atoms with Gasteiger partial charge in [-0.1, -0.05) is 19.3 Å². The summed E-state index contributed by atoms with van der Waals surface area (Å²) < 4.78 is 10.9. The van der Waals surface area contributed by atoms with E-state index in [-0.39, 0.29) is 0 Å². The maximum absolute atomic E-state index is 8.88. The zero-order chi connectivity index (χ0) is 12.8. The molecule has 1 fully saturated rings. The molecule has 1 aliphatic rings. The highest BCUT2D eigenvalue weighted by atomic mass is 16.5. The molecule has 0 aromatic heterocycles. The van der Waals surface area contributed by atoms with Crippen LogP contribution in [-0.2, 0) is 11.3 Å². The molecule has 0 radical (unpaired) electrons. The molecule has 0 unspecified atom stereocenters. The molecule has 2 rings (SSSR count). The average Bonchev–Trinajstić information content (AvgIpc) is 2.36. The molecule has 0 aliphatic heterocycles. The van der Waals surface area contributed by atoms with Crippen LogP contribution in [0.1, 0.15) is 36.8 Å². The minimum absolute atomic E-state index is 0.519. The van der Waals surface area contributed by atoms with E-state index in [2.05, 4.69) is 6.07 Å². The number of hydrogen-bond donors (Lipinski definition) is 0. The molecular weight excluding hydrogens is 226 g/mol. The predicted octanol–water partition coefficient (Wildman–Crippen LogP) is 3.27. The van der Waals surface area contributed by atoms with E-state index in [1.54, 1.807) is 13.2 Å². The summed E-state index contributed by atoms with van der Waals surface area (Å²) in [5.41, 5.74) is 1.60. The molecule has 96 valence electrons. The summed E-state index contributed by atoms with van der Waals surface area (Å²) in [6, 6.07) is 7.55. The quantitative estimate of drug-likeness (QED) is 0.722. The van der Waals surface area contributed by atoms with Gasteiger partial charge in [-0.3, -0.25) is 0 Å². The fourth-order valence-corrected chi connectivity index (χ4v) is 2.17. The van der Waals surface area contributed by atoms with Crippen molar-refractivity contribution in [1.82, 2.24) is 0 Å².